The van der Waals surface area contributed by atoms with Crippen LogP contribution < -0.4 is 5.46 Å². The lowest BCUT2D eigenvalue weighted by atomic mass is 9.77. The van der Waals surface area contributed by atoms with Crippen LogP contribution >= 0.6 is 0 Å². The monoisotopic (exact) mass is 272 g/mol. The lowest BCUT2D eigenvalue weighted by molar-refractivity contribution is 0.0707. The van der Waals surface area contributed by atoms with E-state index in [0.29, 0.717) is 6.61 Å². The number of aromatic nitrogens is 2. The third-order valence-electron chi connectivity index (χ3n) is 3.39. The summed E-state index contributed by atoms with van der Waals surface area (Å²) in [5, 5.41) is 0.993. The van der Waals surface area contributed by atoms with Crippen molar-refractivity contribution in [1.29, 1.82) is 0 Å². The van der Waals surface area contributed by atoms with Gasteiger partial charge in [0.25, 0.3) is 0 Å². The maximum atomic E-state index is 6.12. The molecule has 0 radical (unpaired) electrons. The van der Waals surface area contributed by atoms with E-state index in [0.717, 1.165) is 22.8 Å². The Labute approximate surface area is 120 Å². The molecule has 0 spiro atoms. The van der Waals surface area contributed by atoms with E-state index >= 15 is 0 Å². The molecule has 2 rings (SSSR count). The molecule has 0 amide bonds. The van der Waals surface area contributed by atoms with Crippen molar-refractivity contribution in [2.45, 2.75) is 39.7 Å². The van der Waals surface area contributed by atoms with Crippen LogP contribution in [0, 0.1) is 0 Å². The van der Waals surface area contributed by atoms with Gasteiger partial charge in [0.2, 0.25) is 0 Å². The molecule has 2 heterocycles. The van der Waals surface area contributed by atoms with Gasteiger partial charge in [0.15, 0.2) is 0 Å². The second-order valence-electron chi connectivity index (χ2n) is 5.32. The summed E-state index contributed by atoms with van der Waals surface area (Å²) >= 11 is 0. The number of pyridine rings is 2. The van der Waals surface area contributed by atoms with Gasteiger partial charge in [0.05, 0.1) is 5.52 Å². The van der Waals surface area contributed by atoms with Gasteiger partial charge in [-0.3, -0.25) is 9.97 Å². The highest BCUT2D eigenvalue weighted by Gasteiger charge is 2.31. The minimum Gasteiger partial charge on any atom is -0.407 e. The summed E-state index contributed by atoms with van der Waals surface area (Å²) in [6, 6.07) is 3.90. The Bertz CT molecular complexity index is 569. The van der Waals surface area contributed by atoms with Gasteiger partial charge in [0, 0.05) is 41.6 Å². The Morgan fingerprint density at radius 2 is 2.05 bits per heavy atom. The zero-order chi connectivity index (χ0) is 14.6. The summed E-state index contributed by atoms with van der Waals surface area (Å²) in [7, 11) is -0.443. The highest BCUT2D eigenvalue weighted by atomic mass is 16.6. The van der Waals surface area contributed by atoms with Crippen molar-refractivity contribution in [3.05, 3.63) is 30.7 Å². The first-order chi connectivity index (χ1) is 9.57. The average Bonchev–Trinajstić information content (AvgIpc) is 2.46. The van der Waals surface area contributed by atoms with Crippen LogP contribution in [0.25, 0.3) is 10.9 Å². The first kappa shape index (κ1) is 14.9. The van der Waals surface area contributed by atoms with Gasteiger partial charge in [-0.25, -0.2) is 0 Å². The van der Waals surface area contributed by atoms with E-state index in [1.165, 1.54) is 0 Å². The van der Waals surface area contributed by atoms with Crippen molar-refractivity contribution < 1.29 is 9.31 Å². The largest absolute Gasteiger partial charge is 0.498 e. The minimum atomic E-state index is -0.443. The summed E-state index contributed by atoms with van der Waals surface area (Å²) in [6.07, 6.45) is 6.27. The van der Waals surface area contributed by atoms with Gasteiger partial charge < -0.3 is 9.31 Å². The Kier molecular flexibility index (Phi) is 4.73. The van der Waals surface area contributed by atoms with E-state index in [4.69, 9.17) is 9.31 Å². The van der Waals surface area contributed by atoms with Crippen molar-refractivity contribution in [3.8, 4) is 0 Å². The molecule has 4 nitrogen and oxygen atoms in total. The van der Waals surface area contributed by atoms with Gasteiger partial charge in [-0.15, -0.1) is 0 Å². The Hall–Kier alpha value is -1.46. The Balaban J connectivity index is 2.41. The van der Waals surface area contributed by atoms with Crippen LogP contribution in [0.3, 0.4) is 0 Å². The molecule has 0 aliphatic rings. The molecule has 5 heteroatoms. The highest BCUT2D eigenvalue weighted by molar-refractivity contribution is 6.64. The van der Waals surface area contributed by atoms with E-state index in [-0.39, 0.29) is 5.60 Å². The molecule has 0 fully saturated rings. The number of rotatable bonds is 6. The standard InChI is InChI=1S/C15H21BN2O2/c1-5-15(3,4)20-16(19-6-2)13-11-17-10-12-8-7-9-18-14(12)13/h7-11H,5-6H2,1-4H3. The van der Waals surface area contributed by atoms with Crippen molar-refractivity contribution in [2.24, 2.45) is 0 Å². The first-order valence-corrected chi connectivity index (χ1v) is 7.05. The third-order valence-corrected chi connectivity index (χ3v) is 3.39. The molecule has 0 aliphatic heterocycles. The van der Waals surface area contributed by atoms with Crippen LogP contribution in [0.15, 0.2) is 30.7 Å². The molecule has 0 bridgehead atoms. The van der Waals surface area contributed by atoms with Gasteiger partial charge in [-0.2, -0.15) is 0 Å². The first-order valence-electron chi connectivity index (χ1n) is 7.05. The Morgan fingerprint density at radius 1 is 1.25 bits per heavy atom. The normalized spacial score (nSPS) is 11.8. The predicted octanol–water partition coefficient (Wildman–Crippen LogP) is 2.57. The van der Waals surface area contributed by atoms with Gasteiger partial charge in [-0.05, 0) is 39.3 Å². The van der Waals surface area contributed by atoms with Crippen molar-refractivity contribution in [3.63, 3.8) is 0 Å². The van der Waals surface area contributed by atoms with E-state index in [2.05, 4.69) is 30.7 Å². The smallest absolute Gasteiger partial charge is 0.407 e. The van der Waals surface area contributed by atoms with Crippen LogP contribution in [-0.4, -0.2) is 29.3 Å². The number of hydrogen-bond acceptors (Lipinski definition) is 4. The second-order valence-corrected chi connectivity index (χ2v) is 5.32. The van der Waals surface area contributed by atoms with Crippen LogP contribution in [0.2, 0.25) is 0 Å². The van der Waals surface area contributed by atoms with E-state index in [9.17, 15) is 0 Å². The zero-order valence-electron chi connectivity index (χ0n) is 12.6. The summed E-state index contributed by atoms with van der Waals surface area (Å²) < 4.78 is 11.9. The fourth-order valence-corrected chi connectivity index (χ4v) is 1.91. The third kappa shape index (κ3) is 3.35. The van der Waals surface area contributed by atoms with E-state index in [1.54, 1.807) is 18.6 Å². The quantitative estimate of drug-likeness (QED) is 0.758. The maximum Gasteiger partial charge on any atom is 0.498 e. The molecule has 0 unspecified atom stereocenters. The fourth-order valence-electron chi connectivity index (χ4n) is 1.91. The number of nitrogens with zero attached hydrogens (tertiary/aromatic N) is 2. The number of hydrogen-bond donors (Lipinski definition) is 0. The lowest BCUT2D eigenvalue weighted by Gasteiger charge is -2.28. The van der Waals surface area contributed by atoms with E-state index in [1.807, 2.05) is 19.1 Å². The molecule has 0 saturated carbocycles. The van der Waals surface area contributed by atoms with Crippen molar-refractivity contribution in [2.75, 3.05) is 6.61 Å². The summed E-state index contributed by atoms with van der Waals surface area (Å²) in [6.45, 7) is 8.76. The molecule has 0 saturated heterocycles. The molecule has 0 aliphatic carbocycles. The SMILES string of the molecule is CCOB(OC(C)(C)CC)c1cncc2cccnc12. The van der Waals surface area contributed by atoms with Gasteiger partial charge in [-0.1, -0.05) is 6.92 Å². The predicted molar refractivity (Wildman–Crippen MR) is 82.0 cm³/mol. The lowest BCUT2D eigenvalue weighted by Crippen LogP contribution is -2.44. The summed E-state index contributed by atoms with van der Waals surface area (Å²) in [4.78, 5) is 8.71. The molecule has 2 aromatic heterocycles. The maximum absolute atomic E-state index is 6.12. The summed E-state index contributed by atoms with van der Waals surface area (Å²) in [5.74, 6) is 0. The second kappa shape index (κ2) is 6.33. The molecule has 0 N–H and O–H groups in total. The molecule has 20 heavy (non-hydrogen) atoms. The molecule has 2 aromatic rings. The topological polar surface area (TPSA) is 44.2 Å². The Morgan fingerprint density at radius 3 is 2.75 bits per heavy atom. The fraction of sp³-hybridized carbons (Fsp3) is 0.467. The van der Waals surface area contributed by atoms with Crippen LogP contribution in [0.4, 0.5) is 0 Å². The highest BCUT2D eigenvalue weighted by Crippen LogP contribution is 2.17. The van der Waals surface area contributed by atoms with Crippen molar-refractivity contribution in [1.82, 2.24) is 9.97 Å². The van der Waals surface area contributed by atoms with Crippen LogP contribution in [-0.2, 0) is 9.31 Å². The van der Waals surface area contributed by atoms with Crippen molar-refractivity contribution >= 4 is 23.5 Å². The molecule has 0 atom stereocenters. The van der Waals surface area contributed by atoms with Crippen LogP contribution in [0.1, 0.15) is 34.1 Å². The molecular formula is C15H21BN2O2. The van der Waals surface area contributed by atoms with Crippen LogP contribution in [0.5, 0.6) is 0 Å². The molecule has 0 aromatic carbocycles. The number of fused-ring (bicyclic) bond motifs is 1. The van der Waals surface area contributed by atoms with Gasteiger partial charge in [0.1, 0.15) is 0 Å². The molecule has 106 valence electrons. The van der Waals surface area contributed by atoms with Gasteiger partial charge >= 0.3 is 7.12 Å². The minimum absolute atomic E-state index is 0.253. The summed E-state index contributed by atoms with van der Waals surface area (Å²) in [5.41, 5.74) is 1.51. The van der Waals surface area contributed by atoms with E-state index < -0.39 is 7.12 Å². The zero-order valence-corrected chi connectivity index (χ0v) is 12.6. The molecular weight excluding hydrogens is 251 g/mol. The average molecular weight is 272 g/mol.